The summed E-state index contributed by atoms with van der Waals surface area (Å²) in [6, 6.07) is 15.7. The van der Waals surface area contributed by atoms with Crippen LogP contribution in [0.5, 0.6) is 17.2 Å². The van der Waals surface area contributed by atoms with Gasteiger partial charge in [0.25, 0.3) is 0 Å². The number of urea groups is 1. The lowest BCUT2D eigenvalue weighted by atomic mass is 9.85. The fraction of sp³-hybridized carbons (Fsp3) is 0.394. The van der Waals surface area contributed by atoms with Crippen molar-refractivity contribution in [1.82, 2.24) is 10.2 Å². The molecule has 0 fully saturated rings. The van der Waals surface area contributed by atoms with Crippen LogP contribution in [0.1, 0.15) is 53.3 Å². The van der Waals surface area contributed by atoms with Crippen LogP contribution in [0.4, 0.5) is 15.3 Å². The van der Waals surface area contributed by atoms with Gasteiger partial charge >= 0.3 is 12.1 Å². The Balaban J connectivity index is 1.60. The number of nitrogens with zero attached hydrogens (tertiary/aromatic N) is 1. The molecule has 0 aliphatic carbocycles. The van der Waals surface area contributed by atoms with Crippen molar-refractivity contribution in [3.63, 3.8) is 0 Å². The maximum atomic E-state index is 13.2. The first kappa shape index (κ1) is 30.6. The molecule has 3 aromatic rings. The number of methoxy groups -OCH3 is 2. The molecule has 1 aliphatic heterocycles. The number of carbonyl (C=O) groups excluding carboxylic acids is 2. The van der Waals surface area contributed by atoms with Gasteiger partial charge in [-0.25, -0.2) is 9.59 Å². The molecule has 9 nitrogen and oxygen atoms in total. The average Bonchev–Trinajstić information content (AvgIpc) is 2.97. The van der Waals surface area contributed by atoms with Gasteiger partial charge in [-0.15, -0.1) is 0 Å². The predicted molar refractivity (Wildman–Crippen MR) is 163 cm³/mol. The third kappa shape index (κ3) is 6.90. The Kier molecular flexibility index (Phi) is 10.2. The number of amides is 3. The van der Waals surface area contributed by atoms with E-state index in [4.69, 9.17) is 18.9 Å². The summed E-state index contributed by atoms with van der Waals surface area (Å²) in [6.45, 7) is 9.67. The number of hydrogen-bond donors (Lipinski definition) is 2. The summed E-state index contributed by atoms with van der Waals surface area (Å²) in [5, 5.41) is 5.68. The van der Waals surface area contributed by atoms with Crippen LogP contribution < -0.4 is 24.8 Å². The normalized spacial score (nSPS) is 14.0. The summed E-state index contributed by atoms with van der Waals surface area (Å²) >= 11 is 0. The van der Waals surface area contributed by atoms with Crippen molar-refractivity contribution < 1.29 is 28.5 Å². The zero-order valence-corrected chi connectivity index (χ0v) is 25.3. The number of aryl methyl sites for hydroxylation is 2. The van der Waals surface area contributed by atoms with Gasteiger partial charge in [0.05, 0.1) is 39.2 Å². The molecule has 0 bridgehead atoms. The smallest absolute Gasteiger partial charge is 0.411 e. The van der Waals surface area contributed by atoms with Crippen LogP contribution in [0.2, 0.25) is 0 Å². The number of fused-ring (bicyclic) bond motifs is 1. The van der Waals surface area contributed by atoms with Gasteiger partial charge < -0.3 is 29.2 Å². The molecule has 0 aromatic heterocycles. The Hall–Kier alpha value is -4.40. The van der Waals surface area contributed by atoms with E-state index in [2.05, 4.69) is 42.7 Å². The maximum absolute atomic E-state index is 13.2. The van der Waals surface area contributed by atoms with E-state index in [1.54, 1.807) is 27.2 Å². The molecule has 1 aliphatic rings. The summed E-state index contributed by atoms with van der Waals surface area (Å²) in [5.41, 5.74) is 7.09. The Morgan fingerprint density at radius 2 is 1.71 bits per heavy atom. The highest BCUT2D eigenvalue weighted by Gasteiger charge is 2.34. The van der Waals surface area contributed by atoms with E-state index in [9.17, 15) is 9.59 Å². The Morgan fingerprint density at radius 3 is 2.40 bits per heavy atom. The van der Waals surface area contributed by atoms with Crippen molar-refractivity contribution in [3.8, 4) is 17.2 Å². The van der Waals surface area contributed by atoms with Gasteiger partial charge in [0.1, 0.15) is 5.75 Å². The minimum absolute atomic E-state index is 0.0822. The van der Waals surface area contributed by atoms with E-state index in [0.717, 1.165) is 34.2 Å². The zero-order valence-electron chi connectivity index (χ0n) is 25.3. The van der Waals surface area contributed by atoms with E-state index >= 15 is 0 Å². The number of ether oxygens (including phenoxy) is 4. The monoisotopic (exact) mass is 575 g/mol. The quantitative estimate of drug-likeness (QED) is 0.299. The summed E-state index contributed by atoms with van der Waals surface area (Å²) in [5.74, 6) is 1.82. The molecular formula is C33H41N3O6. The van der Waals surface area contributed by atoms with Crippen molar-refractivity contribution in [3.05, 3.63) is 81.9 Å². The van der Waals surface area contributed by atoms with E-state index < -0.39 is 6.09 Å². The first-order valence-electron chi connectivity index (χ1n) is 14.3. The number of carbonyl (C=O) groups is 2. The summed E-state index contributed by atoms with van der Waals surface area (Å²) in [4.78, 5) is 27.0. The fourth-order valence-corrected chi connectivity index (χ4v) is 5.39. The minimum atomic E-state index is -0.531. The van der Waals surface area contributed by atoms with Gasteiger partial charge in [-0.05, 0) is 86.2 Å². The highest BCUT2D eigenvalue weighted by molar-refractivity contribution is 5.86. The maximum Gasteiger partial charge on any atom is 0.411 e. The molecule has 9 heteroatoms. The van der Waals surface area contributed by atoms with Crippen molar-refractivity contribution in [2.45, 2.75) is 46.6 Å². The van der Waals surface area contributed by atoms with Crippen LogP contribution in [0.15, 0.2) is 48.5 Å². The van der Waals surface area contributed by atoms with Crippen LogP contribution in [-0.2, 0) is 17.6 Å². The first-order chi connectivity index (χ1) is 20.3. The Labute approximate surface area is 248 Å². The molecule has 224 valence electrons. The molecule has 1 unspecified atom stereocenters. The SMILES string of the molecule is CCNC(=O)N1CCc2cc(OC)c(OCCc3ccc(NC(=O)OCC)c(OC)c3)cc2C1c1ccc(C)cc1C. The second-order valence-electron chi connectivity index (χ2n) is 10.2. The van der Waals surface area contributed by atoms with Crippen molar-refractivity contribution in [1.29, 1.82) is 0 Å². The van der Waals surface area contributed by atoms with Crippen LogP contribution in [-0.4, -0.2) is 57.5 Å². The standard InChI is InChI=1S/C33H41N3O6/c1-7-34-32(37)36-15-13-24-19-29(40-6)30(20-26(24)31(36)25-11-9-21(3)17-22(25)4)42-16-14-23-10-12-27(28(18-23)39-5)35-33(38)41-8-2/h9-12,17-20,31H,7-8,13-16H2,1-6H3,(H,34,37)(H,35,38). The molecule has 1 heterocycles. The van der Waals surface area contributed by atoms with Crippen molar-refractivity contribution in [2.24, 2.45) is 0 Å². The first-order valence-corrected chi connectivity index (χ1v) is 14.3. The van der Waals surface area contributed by atoms with Crippen LogP contribution in [0.25, 0.3) is 0 Å². The van der Waals surface area contributed by atoms with E-state index in [-0.39, 0.29) is 18.7 Å². The Morgan fingerprint density at radius 1 is 0.929 bits per heavy atom. The summed E-state index contributed by atoms with van der Waals surface area (Å²) in [6.07, 6.45) is 0.787. The number of anilines is 1. The lowest BCUT2D eigenvalue weighted by Crippen LogP contribution is -2.46. The molecule has 1 atom stereocenters. The van der Waals surface area contributed by atoms with Gasteiger partial charge in [0, 0.05) is 19.5 Å². The number of nitrogens with one attached hydrogen (secondary N) is 2. The lowest BCUT2D eigenvalue weighted by molar-refractivity contribution is 0.167. The molecule has 0 radical (unpaired) electrons. The summed E-state index contributed by atoms with van der Waals surface area (Å²) < 4.78 is 22.5. The largest absolute Gasteiger partial charge is 0.495 e. The molecule has 0 saturated heterocycles. The van der Waals surface area contributed by atoms with Gasteiger partial charge in [-0.1, -0.05) is 29.8 Å². The molecule has 42 heavy (non-hydrogen) atoms. The zero-order chi connectivity index (χ0) is 30.2. The Bertz CT molecular complexity index is 1420. The minimum Gasteiger partial charge on any atom is -0.495 e. The van der Waals surface area contributed by atoms with Crippen molar-refractivity contribution >= 4 is 17.8 Å². The highest BCUT2D eigenvalue weighted by atomic mass is 16.5. The topological polar surface area (TPSA) is 98.4 Å². The number of benzene rings is 3. The predicted octanol–water partition coefficient (Wildman–Crippen LogP) is 6.19. The average molecular weight is 576 g/mol. The second-order valence-corrected chi connectivity index (χ2v) is 10.2. The van der Waals surface area contributed by atoms with Gasteiger partial charge in [-0.3, -0.25) is 5.32 Å². The van der Waals surface area contributed by atoms with E-state index in [0.29, 0.717) is 49.1 Å². The third-order valence-electron chi connectivity index (χ3n) is 7.39. The molecular weight excluding hydrogens is 534 g/mol. The second kappa shape index (κ2) is 14.0. The van der Waals surface area contributed by atoms with Crippen LogP contribution in [0, 0.1) is 13.8 Å². The third-order valence-corrected chi connectivity index (χ3v) is 7.39. The van der Waals surface area contributed by atoms with E-state index in [1.807, 2.05) is 36.1 Å². The molecule has 3 amide bonds. The van der Waals surface area contributed by atoms with Crippen LogP contribution >= 0.6 is 0 Å². The number of rotatable bonds is 10. The van der Waals surface area contributed by atoms with Crippen molar-refractivity contribution in [2.75, 3.05) is 45.8 Å². The number of hydrogen-bond acceptors (Lipinski definition) is 6. The highest BCUT2D eigenvalue weighted by Crippen LogP contribution is 2.42. The van der Waals surface area contributed by atoms with E-state index in [1.165, 1.54) is 5.56 Å². The lowest BCUT2D eigenvalue weighted by Gasteiger charge is -2.38. The van der Waals surface area contributed by atoms with Crippen LogP contribution in [0.3, 0.4) is 0 Å². The van der Waals surface area contributed by atoms with Gasteiger partial charge in [-0.2, -0.15) is 0 Å². The molecule has 0 saturated carbocycles. The molecule has 4 rings (SSSR count). The summed E-state index contributed by atoms with van der Waals surface area (Å²) in [7, 11) is 3.19. The molecule has 2 N–H and O–H groups in total. The van der Waals surface area contributed by atoms with Gasteiger partial charge in [0.15, 0.2) is 11.5 Å². The molecule has 3 aromatic carbocycles. The molecule has 0 spiro atoms. The van der Waals surface area contributed by atoms with Gasteiger partial charge in [0.2, 0.25) is 0 Å². The fourth-order valence-electron chi connectivity index (χ4n) is 5.39.